The summed E-state index contributed by atoms with van der Waals surface area (Å²) in [7, 11) is -3.53. The minimum atomic E-state index is -3.53. The molecule has 0 saturated carbocycles. The van der Waals surface area contributed by atoms with Crippen LogP contribution < -0.4 is 10.0 Å². The summed E-state index contributed by atoms with van der Waals surface area (Å²) < 4.78 is 27.1. The topological polar surface area (TPSA) is 75.3 Å². The maximum Gasteiger partial charge on any atom is 0.251 e. The molecule has 6 heteroatoms. The lowest BCUT2D eigenvalue weighted by Gasteiger charge is -2.09. The highest BCUT2D eigenvalue weighted by Gasteiger charge is 2.12. The van der Waals surface area contributed by atoms with Crippen LogP contribution in [0, 0.1) is 6.92 Å². The second-order valence-corrected chi connectivity index (χ2v) is 8.27. The molecule has 0 aliphatic carbocycles. The lowest BCUT2D eigenvalue weighted by Crippen LogP contribution is -2.23. The van der Waals surface area contributed by atoms with Crippen molar-refractivity contribution in [3.8, 4) is 0 Å². The van der Waals surface area contributed by atoms with Crippen LogP contribution in [-0.2, 0) is 23.1 Å². The Hall–Kier alpha value is -2.96. The molecule has 0 saturated heterocycles. The van der Waals surface area contributed by atoms with Crippen LogP contribution in [0.25, 0.3) is 0 Å². The van der Waals surface area contributed by atoms with Crippen molar-refractivity contribution in [3.05, 3.63) is 101 Å². The molecule has 0 aliphatic rings. The van der Waals surface area contributed by atoms with Gasteiger partial charge in [-0.15, -0.1) is 0 Å². The smallest absolute Gasteiger partial charge is 0.251 e. The number of carbonyl (C=O) groups excluding carboxylic acids is 1. The molecular weight excluding hydrogens is 372 g/mol. The Balaban J connectivity index is 1.53. The zero-order chi connectivity index (χ0) is 20.0. The first-order valence-corrected chi connectivity index (χ1v) is 10.4. The molecule has 0 aromatic heterocycles. The van der Waals surface area contributed by atoms with Gasteiger partial charge in [-0.05, 0) is 42.3 Å². The summed E-state index contributed by atoms with van der Waals surface area (Å²) in [6.07, 6.45) is 0. The summed E-state index contributed by atoms with van der Waals surface area (Å²) in [6.45, 7) is 2.58. The summed E-state index contributed by atoms with van der Waals surface area (Å²) in [5.41, 5.74) is 3.51. The molecule has 0 atom stereocenters. The van der Waals surface area contributed by atoms with Crippen LogP contribution in [0.15, 0.2) is 83.8 Å². The maximum absolute atomic E-state index is 12.2. The molecule has 3 aromatic rings. The zero-order valence-electron chi connectivity index (χ0n) is 15.6. The third-order valence-corrected chi connectivity index (χ3v) is 5.73. The summed E-state index contributed by atoms with van der Waals surface area (Å²) in [6, 6.07) is 23.1. The van der Waals surface area contributed by atoms with E-state index in [4.69, 9.17) is 0 Å². The molecule has 28 heavy (non-hydrogen) atoms. The van der Waals surface area contributed by atoms with E-state index in [1.165, 1.54) is 0 Å². The van der Waals surface area contributed by atoms with E-state index in [0.717, 1.165) is 16.7 Å². The van der Waals surface area contributed by atoms with Gasteiger partial charge in [0, 0.05) is 18.7 Å². The molecule has 5 nitrogen and oxygen atoms in total. The van der Waals surface area contributed by atoms with Gasteiger partial charge in [0.15, 0.2) is 0 Å². The zero-order valence-corrected chi connectivity index (χ0v) is 16.4. The molecule has 3 aromatic carbocycles. The van der Waals surface area contributed by atoms with Crippen molar-refractivity contribution in [2.45, 2.75) is 24.9 Å². The number of aryl methyl sites for hydroxylation is 1. The Kier molecular flexibility index (Phi) is 6.23. The van der Waals surface area contributed by atoms with Crippen LogP contribution in [0.4, 0.5) is 0 Å². The van der Waals surface area contributed by atoms with Gasteiger partial charge in [0.05, 0.1) is 4.90 Å². The van der Waals surface area contributed by atoms with Gasteiger partial charge in [0.1, 0.15) is 0 Å². The second kappa shape index (κ2) is 8.82. The SMILES string of the molecule is Cc1ccc(C(=O)NCc2ccc(CNS(=O)(=O)c3ccccc3)cc2)cc1. The summed E-state index contributed by atoms with van der Waals surface area (Å²) >= 11 is 0. The normalized spacial score (nSPS) is 11.2. The van der Waals surface area contributed by atoms with E-state index < -0.39 is 10.0 Å². The molecule has 0 spiro atoms. The van der Waals surface area contributed by atoms with Gasteiger partial charge >= 0.3 is 0 Å². The van der Waals surface area contributed by atoms with Crippen molar-refractivity contribution < 1.29 is 13.2 Å². The van der Waals surface area contributed by atoms with Crippen LogP contribution >= 0.6 is 0 Å². The molecule has 0 radical (unpaired) electrons. The van der Waals surface area contributed by atoms with Gasteiger partial charge in [0.25, 0.3) is 5.91 Å². The molecule has 0 unspecified atom stereocenters. The lowest BCUT2D eigenvalue weighted by atomic mass is 10.1. The second-order valence-electron chi connectivity index (χ2n) is 6.50. The molecule has 0 fully saturated rings. The Morgan fingerprint density at radius 2 is 1.36 bits per heavy atom. The third kappa shape index (κ3) is 5.28. The third-order valence-electron chi connectivity index (χ3n) is 4.31. The van der Waals surface area contributed by atoms with E-state index in [9.17, 15) is 13.2 Å². The fourth-order valence-corrected chi connectivity index (χ4v) is 3.66. The van der Waals surface area contributed by atoms with E-state index in [0.29, 0.717) is 12.1 Å². The first-order valence-electron chi connectivity index (χ1n) is 8.91. The maximum atomic E-state index is 12.2. The van der Waals surface area contributed by atoms with Crippen molar-refractivity contribution >= 4 is 15.9 Å². The van der Waals surface area contributed by atoms with Gasteiger partial charge in [0.2, 0.25) is 10.0 Å². The highest BCUT2D eigenvalue weighted by Crippen LogP contribution is 2.10. The number of amides is 1. The van der Waals surface area contributed by atoms with E-state index in [1.807, 2.05) is 43.3 Å². The lowest BCUT2D eigenvalue weighted by molar-refractivity contribution is 0.0951. The first kappa shape index (κ1) is 19.8. The largest absolute Gasteiger partial charge is 0.348 e. The van der Waals surface area contributed by atoms with Crippen LogP contribution in [0.5, 0.6) is 0 Å². The molecule has 0 heterocycles. The molecule has 0 aliphatic heterocycles. The highest BCUT2D eigenvalue weighted by molar-refractivity contribution is 7.89. The van der Waals surface area contributed by atoms with E-state index in [2.05, 4.69) is 10.0 Å². The summed E-state index contributed by atoms with van der Waals surface area (Å²) in [5, 5.41) is 2.88. The van der Waals surface area contributed by atoms with Gasteiger partial charge in [-0.2, -0.15) is 0 Å². The Morgan fingerprint density at radius 1 is 0.786 bits per heavy atom. The van der Waals surface area contributed by atoms with Crippen molar-refractivity contribution in [2.24, 2.45) is 0 Å². The number of hydrogen-bond acceptors (Lipinski definition) is 3. The predicted molar refractivity (Wildman–Crippen MR) is 109 cm³/mol. The molecular formula is C22H22N2O3S. The van der Waals surface area contributed by atoms with Crippen LogP contribution in [0.3, 0.4) is 0 Å². The van der Waals surface area contributed by atoms with Gasteiger partial charge in [-0.25, -0.2) is 13.1 Å². The van der Waals surface area contributed by atoms with Crippen molar-refractivity contribution in [2.75, 3.05) is 0 Å². The van der Waals surface area contributed by atoms with Crippen molar-refractivity contribution in [1.82, 2.24) is 10.0 Å². The standard InChI is InChI=1S/C22H22N2O3S/c1-17-7-13-20(14-8-17)22(25)23-15-18-9-11-19(12-10-18)16-24-28(26,27)21-5-3-2-4-6-21/h2-14,24H,15-16H2,1H3,(H,23,25). The molecule has 3 rings (SSSR count). The number of sulfonamides is 1. The number of benzene rings is 3. The van der Waals surface area contributed by atoms with Gasteiger partial charge < -0.3 is 5.32 Å². The van der Waals surface area contributed by atoms with Gasteiger partial charge in [-0.1, -0.05) is 60.2 Å². The number of nitrogens with one attached hydrogen (secondary N) is 2. The summed E-state index contributed by atoms with van der Waals surface area (Å²) in [5.74, 6) is -0.125. The monoisotopic (exact) mass is 394 g/mol. The number of carbonyl (C=O) groups is 1. The number of rotatable bonds is 7. The van der Waals surface area contributed by atoms with Gasteiger partial charge in [-0.3, -0.25) is 4.79 Å². The molecule has 0 bridgehead atoms. The van der Waals surface area contributed by atoms with E-state index in [-0.39, 0.29) is 17.3 Å². The van der Waals surface area contributed by atoms with Crippen molar-refractivity contribution in [1.29, 1.82) is 0 Å². The van der Waals surface area contributed by atoms with Crippen LogP contribution in [0.2, 0.25) is 0 Å². The average molecular weight is 394 g/mol. The molecule has 144 valence electrons. The van der Waals surface area contributed by atoms with E-state index in [1.54, 1.807) is 42.5 Å². The minimum Gasteiger partial charge on any atom is -0.348 e. The Bertz CT molecular complexity index is 1030. The minimum absolute atomic E-state index is 0.125. The quantitative estimate of drug-likeness (QED) is 0.645. The van der Waals surface area contributed by atoms with E-state index >= 15 is 0 Å². The number of hydrogen-bond donors (Lipinski definition) is 2. The first-order chi connectivity index (χ1) is 13.4. The van der Waals surface area contributed by atoms with Crippen LogP contribution in [0.1, 0.15) is 27.0 Å². The highest BCUT2D eigenvalue weighted by atomic mass is 32.2. The summed E-state index contributed by atoms with van der Waals surface area (Å²) in [4.78, 5) is 12.4. The predicted octanol–water partition coefficient (Wildman–Crippen LogP) is 3.40. The fraction of sp³-hybridized carbons (Fsp3) is 0.136. The van der Waals surface area contributed by atoms with Crippen LogP contribution in [-0.4, -0.2) is 14.3 Å². The van der Waals surface area contributed by atoms with Crippen molar-refractivity contribution in [3.63, 3.8) is 0 Å². The molecule has 1 amide bonds. The average Bonchev–Trinajstić information content (AvgIpc) is 2.72. The molecule has 2 N–H and O–H groups in total. The Labute approximate surface area is 165 Å². The fourth-order valence-electron chi connectivity index (χ4n) is 2.63. The Morgan fingerprint density at radius 3 is 1.96 bits per heavy atom.